The van der Waals surface area contributed by atoms with Crippen molar-refractivity contribution >= 4 is 17.2 Å². The Bertz CT molecular complexity index is 745. The smallest absolute Gasteiger partial charge is 1.00 e. The monoisotopic (exact) mass is 331 g/mol. The minimum absolute atomic E-state index is 0. The van der Waals surface area contributed by atoms with Crippen LogP contribution < -0.4 is 29.6 Å². The molecule has 0 spiro atoms. The van der Waals surface area contributed by atoms with E-state index >= 15 is 0 Å². The van der Waals surface area contributed by atoms with Crippen LogP contribution in [0.3, 0.4) is 0 Å². The normalized spacial score (nSPS) is 12.0. The number of hydrogen-bond donors (Lipinski definition) is 2. The fourth-order valence-corrected chi connectivity index (χ4v) is 1.76. The molecule has 3 rings (SSSR count). The van der Waals surface area contributed by atoms with Crippen molar-refractivity contribution in [2.45, 2.75) is 6.92 Å². The van der Waals surface area contributed by atoms with Crippen LogP contribution in [0.1, 0.15) is 6.99 Å². The van der Waals surface area contributed by atoms with Crippen LogP contribution in [-0.2, 0) is 4.79 Å². The minimum atomic E-state index is -0.0281. The summed E-state index contributed by atoms with van der Waals surface area (Å²) in [6, 6.07) is 13.8. The van der Waals surface area contributed by atoms with Crippen LogP contribution in [0.15, 0.2) is 77.8 Å². The summed E-state index contributed by atoms with van der Waals surface area (Å²) in [5.74, 6) is 0.552. The first-order valence-electron chi connectivity index (χ1n) is 7.07. The Morgan fingerprint density at radius 1 is 0.875 bits per heavy atom. The van der Waals surface area contributed by atoms with Crippen molar-refractivity contribution in [2.24, 2.45) is 4.99 Å². The molecule has 0 heterocycles. The van der Waals surface area contributed by atoms with Crippen LogP contribution in [-0.4, -0.2) is 21.7 Å². The van der Waals surface area contributed by atoms with Gasteiger partial charge in [-0.05, 0) is 67.1 Å². The van der Waals surface area contributed by atoms with Crippen LogP contribution in [0, 0.1) is 6.92 Å². The predicted octanol–water partition coefficient (Wildman–Crippen LogP) is 0.977. The molecule has 24 heavy (non-hydrogen) atoms. The molecule has 0 bridgehead atoms. The average molecular weight is 331 g/mol. The molecule has 0 aliphatic heterocycles. The van der Waals surface area contributed by atoms with E-state index in [1.807, 2.05) is 25.1 Å². The van der Waals surface area contributed by atoms with Gasteiger partial charge in [0.15, 0.2) is 5.78 Å². The van der Waals surface area contributed by atoms with E-state index in [1.165, 1.54) is 12.2 Å². The summed E-state index contributed by atoms with van der Waals surface area (Å²) in [5, 5.41) is 18.0. The summed E-state index contributed by atoms with van der Waals surface area (Å²) in [6.45, 7) is 1.87. The van der Waals surface area contributed by atoms with E-state index in [2.05, 4.69) is 4.99 Å². The van der Waals surface area contributed by atoms with Gasteiger partial charge in [-0.25, -0.2) is 4.99 Å². The second-order valence-electron chi connectivity index (χ2n) is 4.91. The first-order valence-corrected chi connectivity index (χ1v) is 7.07. The number of rotatable bonds is 1. The van der Waals surface area contributed by atoms with E-state index in [4.69, 9.17) is 10.2 Å². The maximum absolute atomic E-state index is 10.8. The fourth-order valence-electron chi connectivity index (χ4n) is 1.76. The summed E-state index contributed by atoms with van der Waals surface area (Å²) < 4.78 is 0. The maximum atomic E-state index is 10.8. The van der Waals surface area contributed by atoms with E-state index in [-0.39, 0.29) is 42.5 Å². The number of nitrogens with zero attached hydrogens (tertiary/aromatic N) is 1. The van der Waals surface area contributed by atoms with Gasteiger partial charge in [0.05, 0.1) is 11.4 Å². The molecule has 0 aromatic heterocycles. The van der Waals surface area contributed by atoms with Gasteiger partial charge in [-0.2, -0.15) is 0 Å². The van der Waals surface area contributed by atoms with E-state index in [1.54, 1.807) is 42.5 Å². The molecule has 0 saturated carbocycles. The second kappa shape index (κ2) is 9.88. The zero-order valence-corrected chi connectivity index (χ0v) is 15.7. The molecule has 4 nitrogen and oxygen atoms in total. The van der Waals surface area contributed by atoms with Crippen LogP contribution in [0.2, 0.25) is 0 Å². The summed E-state index contributed by atoms with van der Waals surface area (Å²) in [4.78, 5) is 15.1. The minimum Gasteiger partial charge on any atom is -1.00 e. The number of hydrogen-bond acceptors (Lipinski definition) is 4. The first kappa shape index (κ1) is 19.9. The van der Waals surface area contributed by atoms with Crippen molar-refractivity contribution in [1.82, 2.24) is 0 Å². The Morgan fingerprint density at radius 2 is 1.46 bits per heavy atom. The van der Waals surface area contributed by atoms with Gasteiger partial charge in [0.25, 0.3) is 0 Å². The predicted molar refractivity (Wildman–Crippen MR) is 92.4 cm³/mol. The van der Waals surface area contributed by atoms with Gasteiger partial charge in [-0.15, -0.1) is 0 Å². The molecular formula is C19H18NNaO3. The van der Waals surface area contributed by atoms with E-state index < -0.39 is 0 Å². The number of carbonyl (C=O) groups is 1. The molecular weight excluding hydrogens is 313 g/mol. The van der Waals surface area contributed by atoms with Gasteiger partial charge in [0.1, 0.15) is 11.5 Å². The Labute approximate surface area is 164 Å². The maximum Gasteiger partial charge on any atom is 1.00 e. The van der Waals surface area contributed by atoms with E-state index in [0.717, 1.165) is 17.0 Å². The van der Waals surface area contributed by atoms with Gasteiger partial charge in [0.2, 0.25) is 0 Å². The van der Waals surface area contributed by atoms with Crippen molar-refractivity contribution in [1.29, 1.82) is 0 Å². The molecule has 2 N–H and O–H groups in total. The summed E-state index contributed by atoms with van der Waals surface area (Å²) in [6.07, 6.45) is 6.27. The molecule has 0 saturated heterocycles. The standard InChI is InChI=1S/C12H9NO2.C7H8O.Na.H/c14-11-5-1-9(2-6-11)13-10-3-7-12(15)8-4-10;1-6-4-2-3-5-7(6)8;;/h1-8,14H;2-5,8H,1H3;;/q;;+1;-1. The average Bonchev–Trinajstić information content (AvgIpc) is 2.55. The topological polar surface area (TPSA) is 69.9 Å². The Morgan fingerprint density at radius 3 is 1.96 bits per heavy atom. The Balaban J connectivity index is 0.000000497. The number of carbonyl (C=O) groups excluding carboxylic acids is 1. The zero-order chi connectivity index (χ0) is 16.7. The molecule has 1 aliphatic carbocycles. The number of ketones is 1. The van der Waals surface area contributed by atoms with E-state index in [0.29, 0.717) is 5.75 Å². The number of aryl methyl sites for hydroxylation is 1. The van der Waals surface area contributed by atoms with Gasteiger partial charge in [-0.3, -0.25) is 4.79 Å². The molecule has 0 fully saturated rings. The molecule has 2 aromatic rings. The summed E-state index contributed by atoms with van der Waals surface area (Å²) >= 11 is 0. The first-order chi connectivity index (χ1) is 11.0. The number of benzene rings is 2. The molecule has 0 unspecified atom stereocenters. The molecule has 0 atom stereocenters. The number of para-hydroxylation sites is 1. The van der Waals surface area contributed by atoms with Crippen LogP contribution in [0.4, 0.5) is 5.69 Å². The molecule has 0 amide bonds. The van der Waals surface area contributed by atoms with Crippen molar-refractivity contribution in [3.05, 3.63) is 78.4 Å². The largest absolute Gasteiger partial charge is 1.00 e. The SMILES string of the molecule is Cc1ccccc1O.O=C1C=CC(=Nc2ccc(O)cc2)C=C1.[H-].[Na+]. The summed E-state index contributed by atoms with van der Waals surface area (Å²) in [7, 11) is 0. The van der Waals surface area contributed by atoms with Gasteiger partial charge in [0, 0.05) is 0 Å². The van der Waals surface area contributed by atoms with Gasteiger partial charge in [-0.1, -0.05) is 18.2 Å². The van der Waals surface area contributed by atoms with Gasteiger partial charge >= 0.3 is 29.6 Å². The molecule has 5 heteroatoms. The summed E-state index contributed by atoms with van der Waals surface area (Å²) in [5.41, 5.74) is 2.39. The number of aliphatic imine (C=N–C) groups is 1. The zero-order valence-electron chi connectivity index (χ0n) is 14.7. The molecule has 1 aliphatic rings. The second-order valence-corrected chi connectivity index (χ2v) is 4.91. The van der Waals surface area contributed by atoms with Crippen molar-refractivity contribution in [3.63, 3.8) is 0 Å². The molecule has 2 aromatic carbocycles. The fraction of sp³-hybridized carbons (Fsp3) is 0.0526. The third-order valence-electron chi connectivity index (χ3n) is 3.06. The Hall–Kier alpha value is -2.14. The number of phenolic OH excluding ortho intramolecular Hbond substituents is 2. The van der Waals surface area contributed by atoms with Crippen LogP contribution in [0.25, 0.3) is 0 Å². The van der Waals surface area contributed by atoms with Crippen molar-refractivity contribution in [3.8, 4) is 11.5 Å². The number of phenols is 2. The number of aromatic hydroxyl groups is 2. The van der Waals surface area contributed by atoms with Crippen molar-refractivity contribution < 1.29 is 46.0 Å². The van der Waals surface area contributed by atoms with Gasteiger partial charge < -0.3 is 11.6 Å². The third kappa shape index (κ3) is 6.54. The Kier molecular flexibility index (Phi) is 8.19. The van der Waals surface area contributed by atoms with Crippen LogP contribution in [0.5, 0.6) is 11.5 Å². The van der Waals surface area contributed by atoms with E-state index in [9.17, 15) is 4.79 Å². The number of allylic oxidation sites excluding steroid dienone is 4. The van der Waals surface area contributed by atoms with Crippen LogP contribution >= 0.6 is 0 Å². The molecule has 118 valence electrons. The molecule has 0 radical (unpaired) electrons. The van der Waals surface area contributed by atoms with Crippen molar-refractivity contribution in [2.75, 3.05) is 0 Å². The third-order valence-corrected chi connectivity index (χ3v) is 3.06. The quantitative estimate of drug-likeness (QED) is 0.604.